The zero-order chi connectivity index (χ0) is 12.4. The van der Waals surface area contributed by atoms with Gasteiger partial charge >= 0.3 is 5.97 Å². The number of aromatic nitrogens is 2. The molecule has 1 N–H and O–H groups in total. The van der Waals surface area contributed by atoms with Crippen LogP contribution in [-0.2, 0) is 0 Å². The van der Waals surface area contributed by atoms with Crippen molar-refractivity contribution in [2.75, 3.05) is 0 Å². The average molecular weight is 230 g/mol. The van der Waals surface area contributed by atoms with Crippen LogP contribution in [0, 0.1) is 6.92 Å². The number of hydrogen-bond donors (Lipinski definition) is 1. The lowest BCUT2D eigenvalue weighted by Gasteiger charge is -2.12. The smallest absolute Gasteiger partial charge is 0.339 e. The number of nitrogens with zero attached hydrogens (tertiary/aromatic N) is 2. The number of hydrogen-bond acceptors (Lipinski definition) is 2. The van der Waals surface area contributed by atoms with Crippen LogP contribution in [0.25, 0.3) is 0 Å². The SMILES string of the molecule is Cc1nn(C(C)c2ccccc2)cc1C(=O)O. The molecule has 0 amide bonds. The minimum Gasteiger partial charge on any atom is -0.478 e. The van der Waals surface area contributed by atoms with E-state index in [0.29, 0.717) is 5.69 Å². The van der Waals surface area contributed by atoms with Gasteiger partial charge in [0.1, 0.15) is 5.56 Å². The molecule has 17 heavy (non-hydrogen) atoms. The maximum atomic E-state index is 10.9. The fraction of sp³-hybridized carbons (Fsp3) is 0.231. The number of carboxylic acid groups (broad SMARTS) is 1. The van der Waals surface area contributed by atoms with Crippen molar-refractivity contribution in [2.45, 2.75) is 19.9 Å². The number of aromatic carboxylic acids is 1. The van der Waals surface area contributed by atoms with Gasteiger partial charge in [0.15, 0.2) is 0 Å². The second-order valence-electron chi connectivity index (χ2n) is 4.00. The first-order chi connectivity index (χ1) is 8.09. The van der Waals surface area contributed by atoms with Crippen LogP contribution < -0.4 is 0 Å². The highest BCUT2D eigenvalue weighted by Crippen LogP contribution is 2.18. The van der Waals surface area contributed by atoms with Crippen LogP contribution in [0.3, 0.4) is 0 Å². The van der Waals surface area contributed by atoms with E-state index in [2.05, 4.69) is 5.10 Å². The van der Waals surface area contributed by atoms with Crippen molar-refractivity contribution in [2.24, 2.45) is 0 Å². The Morgan fingerprint density at radius 2 is 2.00 bits per heavy atom. The van der Waals surface area contributed by atoms with E-state index in [-0.39, 0.29) is 11.6 Å². The van der Waals surface area contributed by atoms with E-state index >= 15 is 0 Å². The lowest BCUT2D eigenvalue weighted by atomic mass is 10.1. The van der Waals surface area contributed by atoms with Crippen molar-refractivity contribution in [3.05, 3.63) is 53.3 Å². The summed E-state index contributed by atoms with van der Waals surface area (Å²) in [5, 5.41) is 13.2. The van der Waals surface area contributed by atoms with E-state index in [4.69, 9.17) is 5.11 Å². The lowest BCUT2D eigenvalue weighted by Crippen LogP contribution is -2.07. The molecule has 0 saturated carbocycles. The molecule has 0 aliphatic heterocycles. The molecule has 1 aromatic carbocycles. The van der Waals surface area contributed by atoms with Gasteiger partial charge in [-0.2, -0.15) is 5.10 Å². The van der Waals surface area contributed by atoms with Gasteiger partial charge in [0, 0.05) is 6.20 Å². The summed E-state index contributed by atoms with van der Waals surface area (Å²) < 4.78 is 1.69. The van der Waals surface area contributed by atoms with Crippen molar-refractivity contribution in [3.63, 3.8) is 0 Å². The molecule has 0 bridgehead atoms. The summed E-state index contributed by atoms with van der Waals surface area (Å²) in [5.41, 5.74) is 1.90. The summed E-state index contributed by atoms with van der Waals surface area (Å²) in [7, 11) is 0. The van der Waals surface area contributed by atoms with E-state index in [9.17, 15) is 4.79 Å². The molecule has 0 spiro atoms. The van der Waals surface area contributed by atoms with Crippen molar-refractivity contribution < 1.29 is 9.90 Å². The maximum absolute atomic E-state index is 10.9. The fourth-order valence-corrected chi connectivity index (χ4v) is 1.77. The van der Waals surface area contributed by atoms with E-state index in [1.54, 1.807) is 17.8 Å². The molecule has 1 aromatic heterocycles. The largest absolute Gasteiger partial charge is 0.478 e. The third-order valence-electron chi connectivity index (χ3n) is 2.83. The topological polar surface area (TPSA) is 55.1 Å². The average Bonchev–Trinajstić information content (AvgIpc) is 2.71. The molecule has 1 heterocycles. The second kappa shape index (κ2) is 4.41. The first-order valence-electron chi connectivity index (χ1n) is 5.43. The molecule has 0 radical (unpaired) electrons. The monoisotopic (exact) mass is 230 g/mol. The number of benzene rings is 1. The maximum Gasteiger partial charge on any atom is 0.339 e. The van der Waals surface area contributed by atoms with Crippen LogP contribution in [0.2, 0.25) is 0 Å². The normalized spacial score (nSPS) is 12.4. The van der Waals surface area contributed by atoms with E-state index in [1.165, 1.54) is 0 Å². The molecule has 0 aliphatic carbocycles. The van der Waals surface area contributed by atoms with Crippen molar-refractivity contribution in [1.82, 2.24) is 9.78 Å². The van der Waals surface area contributed by atoms with Crippen LogP contribution in [0.5, 0.6) is 0 Å². The van der Waals surface area contributed by atoms with Gasteiger partial charge in [-0.3, -0.25) is 4.68 Å². The molecule has 4 nitrogen and oxygen atoms in total. The first kappa shape index (κ1) is 11.4. The first-order valence-corrected chi connectivity index (χ1v) is 5.43. The standard InChI is InChI=1S/C13H14N2O2/c1-9-12(13(16)17)8-15(14-9)10(2)11-6-4-3-5-7-11/h3-8,10H,1-2H3,(H,16,17). The lowest BCUT2D eigenvalue weighted by molar-refractivity contribution is 0.0696. The molecule has 88 valence electrons. The Morgan fingerprint density at radius 1 is 1.35 bits per heavy atom. The molecule has 2 aromatic rings. The van der Waals surface area contributed by atoms with E-state index in [0.717, 1.165) is 5.56 Å². The van der Waals surface area contributed by atoms with Crippen LogP contribution in [-0.4, -0.2) is 20.9 Å². The third-order valence-corrected chi connectivity index (χ3v) is 2.83. The predicted molar refractivity (Wildman–Crippen MR) is 64.2 cm³/mol. The van der Waals surface area contributed by atoms with E-state index < -0.39 is 5.97 Å². The van der Waals surface area contributed by atoms with Gasteiger partial charge in [-0.05, 0) is 19.4 Å². The zero-order valence-electron chi connectivity index (χ0n) is 9.79. The quantitative estimate of drug-likeness (QED) is 0.881. The van der Waals surface area contributed by atoms with Gasteiger partial charge in [0.2, 0.25) is 0 Å². The van der Waals surface area contributed by atoms with E-state index in [1.807, 2.05) is 37.3 Å². The summed E-state index contributed by atoms with van der Waals surface area (Å²) in [5.74, 6) is -0.936. The third kappa shape index (κ3) is 2.20. The summed E-state index contributed by atoms with van der Waals surface area (Å²) in [4.78, 5) is 10.9. The molecular weight excluding hydrogens is 216 g/mol. The Labute approximate surface area is 99.5 Å². The van der Waals surface area contributed by atoms with Gasteiger partial charge in [-0.1, -0.05) is 30.3 Å². The van der Waals surface area contributed by atoms with Gasteiger partial charge < -0.3 is 5.11 Å². The van der Waals surface area contributed by atoms with Crippen LogP contribution in [0.4, 0.5) is 0 Å². The van der Waals surface area contributed by atoms with Crippen molar-refractivity contribution >= 4 is 5.97 Å². The highest BCUT2D eigenvalue weighted by Gasteiger charge is 2.15. The molecule has 0 saturated heterocycles. The molecule has 4 heteroatoms. The number of rotatable bonds is 3. The van der Waals surface area contributed by atoms with Crippen LogP contribution in [0.1, 0.15) is 34.6 Å². The van der Waals surface area contributed by atoms with Gasteiger partial charge in [0.05, 0.1) is 11.7 Å². The second-order valence-corrected chi connectivity index (χ2v) is 4.00. The number of aryl methyl sites for hydroxylation is 1. The molecule has 0 fully saturated rings. The fourth-order valence-electron chi connectivity index (χ4n) is 1.77. The summed E-state index contributed by atoms with van der Waals surface area (Å²) in [6.07, 6.45) is 1.58. The Morgan fingerprint density at radius 3 is 2.53 bits per heavy atom. The molecule has 2 rings (SSSR count). The molecule has 1 unspecified atom stereocenters. The Bertz CT molecular complexity index is 532. The molecule has 1 atom stereocenters. The van der Waals surface area contributed by atoms with Gasteiger partial charge in [-0.15, -0.1) is 0 Å². The summed E-state index contributed by atoms with van der Waals surface area (Å²) >= 11 is 0. The highest BCUT2D eigenvalue weighted by atomic mass is 16.4. The molecular formula is C13H14N2O2. The Hall–Kier alpha value is -2.10. The van der Waals surface area contributed by atoms with Gasteiger partial charge in [-0.25, -0.2) is 4.79 Å². The summed E-state index contributed by atoms with van der Waals surface area (Å²) in [6, 6.07) is 9.90. The number of carbonyl (C=O) groups is 1. The van der Waals surface area contributed by atoms with Crippen molar-refractivity contribution in [3.8, 4) is 0 Å². The highest BCUT2D eigenvalue weighted by molar-refractivity contribution is 5.88. The van der Waals surface area contributed by atoms with Crippen molar-refractivity contribution in [1.29, 1.82) is 0 Å². The van der Waals surface area contributed by atoms with Gasteiger partial charge in [0.25, 0.3) is 0 Å². The zero-order valence-corrected chi connectivity index (χ0v) is 9.79. The minimum atomic E-state index is -0.936. The Balaban J connectivity index is 2.35. The summed E-state index contributed by atoms with van der Waals surface area (Å²) in [6.45, 7) is 3.70. The minimum absolute atomic E-state index is 0.0306. The van der Waals surface area contributed by atoms with Crippen LogP contribution >= 0.6 is 0 Å². The Kier molecular flexibility index (Phi) is 2.95. The van der Waals surface area contributed by atoms with Crippen LogP contribution in [0.15, 0.2) is 36.5 Å². The molecule has 0 aliphatic rings. The predicted octanol–water partition coefficient (Wildman–Crippen LogP) is 2.50. The number of carboxylic acids is 1.